The molecule has 3 heteroatoms. The molecule has 0 aromatic heterocycles. The lowest BCUT2D eigenvalue weighted by Gasteiger charge is -2.27. The third kappa shape index (κ3) is 4.94. The Bertz CT molecular complexity index is 258. The summed E-state index contributed by atoms with van der Waals surface area (Å²) in [5.74, 6) is -0.834. The number of nitriles is 1. The van der Waals surface area contributed by atoms with Gasteiger partial charge in [-0.25, -0.2) is 0 Å². The minimum Gasteiger partial charge on any atom is -0.371 e. The quantitative estimate of drug-likeness (QED) is 0.718. The average Bonchev–Trinajstić information content (AvgIpc) is 2.01. The van der Waals surface area contributed by atoms with E-state index in [1.807, 2.05) is 26.8 Å². The molecule has 2 unspecified atom stereocenters. The third-order valence-electron chi connectivity index (χ3n) is 2.02. The first-order chi connectivity index (χ1) is 6.69. The van der Waals surface area contributed by atoms with Crippen LogP contribution in [0.15, 0.2) is 0 Å². The summed E-state index contributed by atoms with van der Waals surface area (Å²) in [4.78, 5) is 11.7. The predicted octanol–water partition coefficient (Wildman–Crippen LogP) is 2.55. The molecule has 0 aliphatic heterocycles. The zero-order valence-electron chi connectivity index (χ0n) is 10.5. The van der Waals surface area contributed by atoms with Gasteiger partial charge in [-0.15, -0.1) is 0 Å². The highest BCUT2D eigenvalue weighted by molar-refractivity contribution is 5.85. The highest BCUT2D eigenvalue weighted by Crippen LogP contribution is 2.19. The highest BCUT2D eigenvalue weighted by Gasteiger charge is 2.30. The largest absolute Gasteiger partial charge is 0.371 e. The number of hydrogen-bond donors (Lipinski definition) is 0. The van der Waals surface area contributed by atoms with Crippen molar-refractivity contribution in [3.63, 3.8) is 0 Å². The normalized spacial score (nSPS) is 15.9. The smallest absolute Gasteiger partial charge is 0.155 e. The first-order valence-corrected chi connectivity index (χ1v) is 5.30. The molecular weight excluding hydrogens is 190 g/mol. The molecule has 0 radical (unpaired) electrons. The van der Waals surface area contributed by atoms with Gasteiger partial charge in [0.25, 0.3) is 0 Å². The Morgan fingerprint density at radius 3 is 2.00 bits per heavy atom. The maximum absolute atomic E-state index is 11.7. The molecule has 0 fully saturated rings. The van der Waals surface area contributed by atoms with E-state index < -0.39 is 5.92 Å². The van der Waals surface area contributed by atoms with E-state index in [0.29, 0.717) is 0 Å². The number of rotatable bonds is 4. The van der Waals surface area contributed by atoms with Gasteiger partial charge in [0.1, 0.15) is 5.92 Å². The molecule has 0 saturated heterocycles. The second-order valence-corrected chi connectivity index (χ2v) is 5.10. The summed E-state index contributed by atoms with van der Waals surface area (Å²) in [5.41, 5.74) is -0.328. The number of hydrogen-bond acceptors (Lipinski definition) is 3. The van der Waals surface area contributed by atoms with E-state index in [-0.39, 0.29) is 23.4 Å². The fraction of sp³-hybridized carbons (Fsp3) is 0.833. The van der Waals surface area contributed by atoms with Crippen molar-refractivity contribution in [3.05, 3.63) is 0 Å². The first kappa shape index (κ1) is 14.1. The van der Waals surface area contributed by atoms with Gasteiger partial charge in [0.05, 0.1) is 17.8 Å². The van der Waals surface area contributed by atoms with Gasteiger partial charge in [0.15, 0.2) is 5.78 Å². The number of nitrogens with zero attached hydrogens (tertiary/aromatic N) is 1. The highest BCUT2D eigenvalue weighted by atomic mass is 16.5. The lowest BCUT2D eigenvalue weighted by molar-refractivity contribution is -0.132. The van der Waals surface area contributed by atoms with Crippen molar-refractivity contribution < 1.29 is 9.53 Å². The van der Waals surface area contributed by atoms with Gasteiger partial charge in [-0.1, -0.05) is 13.8 Å². The van der Waals surface area contributed by atoms with Crippen LogP contribution in [0.25, 0.3) is 0 Å². The fourth-order valence-corrected chi connectivity index (χ4v) is 1.38. The van der Waals surface area contributed by atoms with E-state index in [1.54, 1.807) is 20.8 Å². The lowest BCUT2D eigenvalue weighted by Crippen LogP contribution is -2.35. The van der Waals surface area contributed by atoms with Gasteiger partial charge in [0, 0.05) is 5.92 Å². The standard InChI is InChI=1S/C12H21NO2/c1-8(2)11(14)10(7-13)9(3)15-12(4,5)6/h8-10H,1-6H3. The van der Waals surface area contributed by atoms with Crippen LogP contribution in [0.1, 0.15) is 41.5 Å². The van der Waals surface area contributed by atoms with E-state index in [1.165, 1.54) is 0 Å². The second-order valence-electron chi connectivity index (χ2n) is 5.10. The molecule has 0 aromatic rings. The summed E-state index contributed by atoms with van der Waals surface area (Å²) >= 11 is 0. The summed E-state index contributed by atoms with van der Waals surface area (Å²) in [7, 11) is 0. The molecule has 0 aliphatic carbocycles. The number of ketones is 1. The summed E-state index contributed by atoms with van der Waals surface area (Å²) in [6.07, 6.45) is -0.357. The van der Waals surface area contributed by atoms with Crippen molar-refractivity contribution in [1.82, 2.24) is 0 Å². The molecular formula is C12H21NO2. The second kappa shape index (κ2) is 5.27. The van der Waals surface area contributed by atoms with Crippen molar-refractivity contribution in [2.75, 3.05) is 0 Å². The molecule has 0 rings (SSSR count). The predicted molar refractivity (Wildman–Crippen MR) is 59.2 cm³/mol. The zero-order valence-corrected chi connectivity index (χ0v) is 10.5. The molecule has 0 bridgehead atoms. The Kier molecular flexibility index (Phi) is 4.96. The summed E-state index contributed by atoms with van der Waals surface area (Å²) < 4.78 is 5.62. The maximum Gasteiger partial charge on any atom is 0.155 e. The van der Waals surface area contributed by atoms with Crippen LogP contribution in [-0.4, -0.2) is 17.5 Å². The van der Waals surface area contributed by atoms with Gasteiger partial charge < -0.3 is 4.74 Å². The minimum atomic E-state index is -0.663. The maximum atomic E-state index is 11.7. The number of Topliss-reactive ketones (excluding diaryl/α,β-unsaturated/α-hetero) is 1. The van der Waals surface area contributed by atoms with E-state index in [9.17, 15) is 4.79 Å². The molecule has 0 spiro atoms. The van der Waals surface area contributed by atoms with Crippen LogP contribution >= 0.6 is 0 Å². The molecule has 2 atom stereocenters. The monoisotopic (exact) mass is 211 g/mol. The van der Waals surface area contributed by atoms with Crippen LogP contribution in [0.4, 0.5) is 0 Å². The number of carbonyl (C=O) groups is 1. The van der Waals surface area contributed by atoms with Gasteiger partial charge in [0.2, 0.25) is 0 Å². The number of ether oxygens (including phenoxy) is 1. The molecule has 0 amide bonds. The van der Waals surface area contributed by atoms with Crippen LogP contribution in [0, 0.1) is 23.2 Å². The van der Waals surface area contributed by atoms with Crippen LogP contribution in [0.5, 0.6) is 0 Å². The Hall–Kier alpha value is -0.880. The summed E-state index contributed by atoms with van der Waals surface area (Å²) in [6.45, 7) is 11.1. The molecule has 86 valence electrons. The topological polar surface area (TPSA) is 50.1 Å². The Labute approximate surface area is 92.4 Å². The van der Waals surface area contributed by atoms with E-state index in [0.717, 1.165) is 0 Å². The minimum absolute atomic E-state index is 0.0470. The summed E-state index contributed by atoms with van der Waals surface area (Å²) in [5, 5.41) is 8.96. The number of carbonyl (C=O) groups excluding carboxylic acids is 1. The van der Waals surface area contributed by atoms with Gasteiger partial charge in [-0.2, -0.15) is 5.26 Å². The Morgan fingerprint density at radius 2 is 1.73 bits per heavy atom. The lowest BCUT2D eigenvalue weighted by atomic mass is 9.92. The van der Waals surface area contributed by atoms with Crippen molar-refractivity contribution in [2.45, 2.75) is 53.2 Å². The zero-order chi connectivity index (χ0) is 12.2. The van der Waals surface area contributed by atoms with Gasteiger partial charge in [-0.3, -0.25) is 4.79 Å². The Balaban J connectivity index is 4.57. The molecule has 0 aromatic carbocycles. The molecule has 0 heterocycles. The molecule has 0 aliphatic rings. The fourth-order valence-electron chi connectivity index (χ4n) is 1.38. The summed E-state index contributed by atoms with van der Waals surface area (Å²) in [6, 6.07) is 2.03. The first-order valence-electron chi connectivity index (χ1n) is 5.30. The average molecular weight is 211 g/mol. The van der Waals surface area contributed by atoms with Crippen LogP contribution in [0.3, 0.4) is 0 Å². The van der Waals surface area contributed by atoms with E-state index in [4.69, 9.17) is 10.00 Å². The van der Waals surface area contributed by atoms with Crippen molar-refractivity contribution in [2.24, 2.45) is 11.8 Å². The molecule has 15 heavy (non-hydrogen) atoms. The molecule has 3 nitrogen and oxygen atoms in total. The van der Waals surface area contributed by atoms with Crippen molar-refractivity contribution >= 4 is 5.78 Å². The Morgan fingerprint density at radius 1 is 1.27 bits per heavy atom. The van der Waals surface area contributed by atoms with Crippen molar-refractivity contribution in [3.8, 4) is 6.07 Å². The van der Waals surface area contributed by atoms with Crippen LogP contribution in [-0.2, 0) is 9.53 Å². The molecule has 0 saturated carbocycles. The van der Waals surface area contributed by atoms with Crippen molar-refractivity contribution in [1.29, 1.82) is 5.26 Å². The third-order valence-corrected chi connectivity index (χ3v) is 2.02. The van der Waals surface area contributed by atoms with E-state index in [2.05, 4.69) is 0 Å². The van der Waals surface area contributed by atoms with Gasteiger partial charge >= 0.3 is 0 Å². The van der Waals surface area contributed by atoms with Gasteiger partial charge in [-0.05, 0) is 27.7 Å². The molecule has 0 N–H and O–H groups in total. The van der Waals surface area contributed by atoms with Crippen LogP contribution < -0.4 is 0 Å². The van der Waals surface area contributed by atoms with Crippen LogP contribution in [0.2, 0.25) is 0 Å². The van der Waals surface area contributed by atoms with E-state index >= 15 is 0 Å². The SMILES string of the molecule is CC(C)C(=O)C(C#N)C(C)OC(C)(C)C.